The van der Waals surface area contributed by atoms with Crippen molar-refractivity contribution in [3.63, 3.8) is 0 Å². The summed E-state index contributed by atoms with van der Waals surface area (Å²) < 4.78 is 65.3. The van der Waals surface area contributed by atoms with Crippen molar-refractivity contribution < 1.29 is 28.1 Å². The van der Waals surface area contributed by atoms with Crippen molar-refractivity contribution in [1.29, 1.82) is 0 Å². The molecule has 0 spiro atoms. The largest absolute Gasteiger partial charge is 0.428 e. The maximum absolute atomic E-state index is 11.4. The van der Waals surface area contributed by atoms with Gasteiger partial charge in [-0.15, -0.1) is 0 Å². The summed E-state index contributed by atoms with van der Waals surface area (Å²) in [6.45, 7) is -3.73. The Bertz CT molecular complexity index is 134. The van der Waals surface area contributed by atoms with Crippen LogP contribution in [-0.4, -0.2) is 18.3 Å². The van der Waals surface area contributed by atoms with Crippen LogP contribution in [0.1, 0.15) is 1.37 Å². The summed E-state index contributed by atoms with van der Waals surface area (Å²) in [6.07, 6.45) is -5.34. The summed E-state index contributed by atoms with van der Waals surface area (Å²) >= 11 is 4.25. The molecule has 1 nitrogen and oxygen atoms in total. The molecule has 0 aliphatic heterocycles. The third kappa shape index (κ3) is 3.84. The summed E-state index contributed by atoms with van der Waals surface area (Å²) in [6, 6.07) is 0. The zero-order chi connectivity index (χ0) is 9.28. The van der Waals surface area contributed by atoms with Crippen LogP contribution in [0, 0.1) is 0 Å². The number of hydrogen-bond donors (Lipinski definition) is 0. The molecule has 0 saturated carbocycles. The second kappa shape index (κ2) is 3.34. The number of rotatable bonds is 2. The van der Waals surface area contributed by atoms with Crippen LogP contribution in [0.25, 0.3) is 0 Å². The molecule has 0 aromatic rings. The van der Waals surface area contributed by atoms with Crippen molar-refractivity contribution in [3.8, 4) is 0 Å². The highest BCUT2D eigenvalue weighted by atomic mass is 35.5. The first-order valence-corrected chi connectivity index (χ1v) is 2.26. The zero-order valence-corrected chi connectivity index (χ0v) is 5.01. The van der Waals surface area contributed by atoms with Gasteiger partial charge < -0.3 is 0 Å². The highest BCUT2D eigenvalue weighted by Gasteiger charge is 2.41. The zero-order valence-electron chi connectivity index (χ0n) is 5.25. The van der Waals surface area contributed by atoms with Crippen LogP contribution in [0.3, 0.4) is 0 Å². The van der Waals surface area contributed by atoms with Gasteiger partial charge in [-0.05, 0) is 0 Å². The number of ether oxygens (including phenoxy) is 1. The third-order valence-corrected chi connectivity index (χ3v) is 0.719. The van der Waals surface area contributed by atoms with E-state index in [9.17, 15) is 22.0 Å². The quantitative estimate of drug-likeness (QED) is 0.474. The fraction of sp³-hybridized carbons (Fsp3) is 1.00. The van der Waals surface area contributed by atoms with E-state index >= 15 is 0 Å². The first-order valence-electron chi connectivity index (χ1n) is 2.38. The molecule has 0 rings (SSSR count). The van der Waals surface area contributed by atoms with E-state index in [1.807, 2.05) is 0 Å². The van der Waals surface area contributed by atoms with Crippen molar-refractivity contribution >= 4 is 11.6 Å². The van der Waals surface area contributed by atoms with Crippen LogP contribution in [0.5, 0.6) is 0 Å². The van der Waals surface area contributed by atoms with Gasteiger partial charge in [0.2, 0.25) is 5.54 Å². The predicted molar refractivity (Wildman–Crippen MR) is 22.8 cm³/mol. The molecule has 0 aromatic carbocycles. The summed E-state index contributed by atoms with van der Waals surface area (Å²) in [7, 11) is 0. The molecule has 10 heavy (non-hydrogen) atoms. The van der Waals surface area contributed by atoms with Gasteiger partial charge in [-0.2, -0.15) is 22.0 Å². The molecule has 0 amide bonds. The van der Waals surface area contributed by atoms with Gasteiger partial charge in [0.05, 0.1) is 1.37 Å². The van der Waals surface area contributed by atoms with Crippen LogP contribution in [0.2, 0.25) is 0 Å². The Balaban J connectivity index is 4.22. The summed E-state index contributed by atoms with van der Waals surface area (Å²) in [5.74, 6) is 0. The maximum atomic E-state index is 11.4. The molecular formula is C3H2ClF5O. The highest BCUT2D eigenvalue weighted by Crippen LogP contribution is 2.26. The molecule has 0 heterocycles. The molecule has 0 aliphatic carbocycles. The molecule has 1 atom stereocenters. The monoisotopic (exact) mass is 185 g/mol. The minimum absolute atomic E-state index is 2.78. The van der Waals surface area contributed by atoms with Gasteiger partial charge in [0.15, 0.2) is 0 Å². The van der Waals surface area contributed by atoms with Gasteiger partial charge in [-0.1, -0.05) is 11.6 Å². The van der Waals surface area contributed by atoms with Crippen molar-refractivity contribution in [2.24, 2.45) is 0 Å². The average Bonchev–Trinajstić information content (AvgIpc) is 1.56. The van der Waals surface area contributed by atoms with E-state index in [4.69, 9.17) is 1.37 Å². The van der Waals surface area contributed by atoms with Crippen LogP contribution in [0.15, 0.2) is 0 Å². The van der Waals surface area contributed by atoms with Crippen LogP contribution >= 0.6 is 11.6 Å². The van der Waals surface area contributed by atoms with Gasteiger partial charge in [0.25, 0.3) is 0 Å². The standard InChI is InChI=1S/C3H2ClF5O/c4-1(3(7,8)9)10-2(5)6/h1-2H/i1D. The Labute approximate surface area is 59.1 Å². The van der Waals surface area contributed by atoms with Crippen molar-refractivity contribution in [2.75, 3.05) is 0 Å². The smallest absolute Gasteiger partial charge is 0.294 e. The minimum atomic E-state index is -5.34. The molecular weight excluding hydrogens is 182 g/mol. The van der Waals surface area contributed by atoms with Crippen molar-refractivity contribution in [2.45, 2.75) is 18.3 Å². The summed E-state index contributed by atoms with van der Waals surface area (Å²) in [5, 5.41) is 0. The Kier molecular flexibility index (Phi) is 2.67. The molecule has 0 saturated heterocycles. The summed E-state index contributed by atoms with van der Waals surface area (Å²) in [4.78, 5) is 0. The molecule has 62 valence electrons. The van der Waals surface area contributed by atoms with Gasteiger partial charge in [0.1, 0.15) is 0 Å². The normalized spacial score (nSPS) is 20.5. The van der Waals surface area contributed by atoms with E-state index < -0.39 is 18.3 Å². The van der Waals surface area contributed by atoms with E-state index in [2.05, 4.69) is 16.3 Å². The number of hydrogen-bond acceptors (Lipinski definition) is 1. The second-order valence-electron chi connectivity index (χ2n) is 1.15. The molecule has 0 aliphatic rings. The van der Waals surface area contributed by atoms with E-state index in [0.717, 1.165) is 0 Å². The van der Waals surface area contributed by atoms with Crippen molar-refractivity contribution in [3.05, 3.63) is 0 Å². The van der Waals surface area contributed by atoms with E-state index in [0.29, 0.717) is 0 Å². The van der Waals surface area contributed by atoms with Gasteiger partial charge >= 0.3 is 12.8 Å². The van der Waals surface area contributed by atoms with E-state index in [-0.39, 0.29) is 0 Å². The maximum Gasteiger partial charge on any atom is 0.428 e. The van der Waals surface area contributed by atoms with Crippen molar-refractivity contribution in [1.82, 2.24) is 0 Å². The Morgan fingerprint density at radius 3 is 1.90 bits per heavy atom. The molecule has 0 radical (unpaired) electrons. The lowest BCUT2D eigenvalue weighted by Crippen LogP contribution is -2.27. The van der Waals surface area contributed by atoms with E-state index in [1.54, 1.807) is 0 Å². The molecule has 0 aromatic heterocycles. The summed E-state index contributed by atoms with van der Waals surface area (Å²) in [5.41, 5.74) is -4.07. The first kappa shape index (κ1) is 8.00. The Hall–Kier alpha value is -0.100. The Morgan fingerprint density at radius 2 is 1.80 bits per heavy atom. The SMILES string of the molecule is [2H]C(Cl)(OC(F)F)C(F)(F)F. The lowest BCUT2D eigenvalue weighted by atomic mass is 10.7. The van der Waals surface area contributed by atoms with Gasteiger partial charge in [-0.3, -0.25) is 4.74 Å². The minimum Gasteiger partial charge on any atom is -0.294 e. The third-order valence-electron chi connectivity index (χ3n) is 0.415. The fourth-order valence-corrected chi connectivity index (χ4v) is 0.212. The topological polar surface area (TPSA) is 9.23 Å². The molecule has 7 heteroatoms. The highest BCUT2D eigenvalue weighted by molar-refractivity contribution is 6.20. The lowest BCUT2D eigenvalue weighted by Gasteiger charge is -2.12. The first-order chi connectivity index (χ1) is 4.67. The second-order valence-corrected chi connectivity index (χ2v) is 1.49. The molecule has 1 unspecified atom stereocenters. The van der Waals surface area contributed by atoms with Crippen LogP contribution < -0.4 is 0 Å². The number of halogens is 6. The average molecular weight is 185 g/mol. The van der Waals surface area contributed by atoms with Crippen LogP contribution in [-0.2, 0) is 4.74 Å². The van der Waals surface area contributed by atoms with Gasteiger partial charge in [0, 0.05) is 0 Å². The molecule has 0 fully saturated rings. The number of alkyl halides is 6. The Morgan fingerprint density at radius 1 is 1.40 bits per heavy atom. The molecule has 0 bridgehead atoms. The van der Waals surface area contributed by atoms with Gasteiger partial charge in [-0.25, -0.2) is 0 Å². The van der Waals surface area contributed by atoms with Crippen LogP contribution in [0.4, 0.5) is 22.0 Å². The predicted octanol–water partition coefficient (Wildman–Crippen LogP) is 2.35. The lowest BCUT2D eigenvalue weighted by molar-refractivity contribution is -0.246. The van der Waals surface area contributed by atoms with E-state index in [1.165, 1.54) is 0 Å². The fourth-order valence-electron chi connectivity index (χ4n) is 0.145. The molecule has 0 N–H and O–H groups in total.